The Kier molecular flexibility index (Phi) is 14.7. The van der Waals surface area contributed by atoms with Crippen LogP contribution in [0, 0.1) is 5.92 Å². The van der Waals surface area contributed by atoms with E-state index in [9.17, 15) is 9.59 Å². The summed E-state index contributed by atoms with van der Waals surface area (Å²) in [5, 5.41) is 0. The van der Waals surface area contributed by atoms with Gasteiger partial charge in [0.2, 0.25) is 0 Å². The number of hydrogen-bond donors (Lipinski definition) is 0. The molecular weight excluding hydrogens is 328 g/mol. The number of rotatable bonds is 9. The van der Waals surface area contributed by atoms with Crippen LogP contribution >= 0.6 is 0 Å². The van der Waals surface area contributed by atoms with Crippen molar-refractivity contribution in [1.82, 2.24) is 0 Å². The molecule has 26 heavy (non-hydrogen) atoms. The zero-order valence-corrected chi connectivity index (χ0v) is 17.3. The average molecular weight is 367 g/mol. The van der Waals surface area contributed by atoms with Crippen molar-refractivity contribution in [2.75, 3.05) is 14.2 Å². The zero-order chi connectivity index (χ0) is 19.8. The van der Waals surface area contributed by atoms with Gasteiger partial charge in [0.15, 0.2) is 0 Å². The Hall–Kier alpha value is -1.58. The van der Waals surface area contributed by atoms with Gasteiger partial charge in [-0.3, -0.25) is 0 Å². The molecule has 0 bridgehead atoms. The molecular formula is C22H38O4. The second kappa shape index (κ2) is 15.7. The van der Waals surface area contributed by atoms with Crippen LogP contribution in [0.3, 0.4) is 0 Å². The fourth-order valence-electron chi connectivity index (χ4n) is 3.10. The molecule has 1 rings (SSSR count). The lowest BCUT2D eigenvalue weighted by Crippen LogP contribution is -2.16. The van der Waals surface area contributed by atoms with Crippen LogP contribution in [0.2, 0.25) is 0 Å². The number of carbonyl (C=O) groups is 2. The molecule has 0 atom stereocenters. The summed E-state index contributed by atoms with van der Waals surface area (Å²) in [6.07, 6.45) is 14.7. The van der Waals surface area contributed by atoms with Gasteiger partial charge in [-0.1, -0.05) is 65.0 Å². The van der Waals surface area contributed by atoms with E-state index in [-0.39, 0.29) is 11.9 Å². The molecule has 150 valence electrons. The number of hydrogen-bond acceptors (Lipinski definition) is 4. The van der Waals surface area contributed by atoms with Crippen LogP contribution in [0.5, 0.6) is 0 Å². The van der Waals surface area contributed by atoms with Gasteiger partial charge in [0.25, 0.3) is 0 Å². The number of methoxy groups -OCH3 is 2. The van der Waals surface area contributed by atoms with Crippen molar-refractivity contribution >= 4 is 11.9 Å². The van der Waals surface area contributed by atoms with E-state index in [1.54, 1.807) is 0 Å². The minimum absolute atomic E-state index is 0.178. The molecule has 1 fully saturated rings. The van der Waals surface area contributed by atoms with Crippen LogP contribution < -0.4 is 0 Å². The molecule has 1 aliphatic carbocycles. The lowest BCUT2D eigenvalue weighted by atomic mass is 9.84. The number of esters is 2. The van der Waals surface area contributed by atoms with Crippen LogP contribution in [0.25, 0.3) is 0 Å². The van der Waals surface area contributed by atoms with Crippen molar-refractivity contribution in [3.8, 4) is 0 Å². The van der Waals surface area contributed by atoms with E-state index in [0.29, 0.717) is 11.5 Å². The Bertz CT molecular complexity index is 445. The summed E-state index contributed by atoms with van der Waals surface area (Å²) in [6, 6.07) is 0. The summed E-state index contributed by atoms with van der Waals surface area (Å²) in [6.45, 7) is 7.95. The average Bonchev–Trinajstić information content (AvgIpc) is 2.70. The Morgan fingerprint density at radius 1 is 0.962 bits per heavy atom. The molecule has 0 spiro atoms. The summed E-state index contributed by atoms with van der Waals surface area (Å²) in [5.74, 6) is -0.0314. The van der Waals surface area contributed by atoms with Gasteiger partial charge in [-0.05, 0) is 38.0 Å². The molecule has 0 unspecified atom stereocenters. The van der Waals surface area contributed by atoms with Crippen LogP contribution in [0.1, 0.15) is 84.5 Å². The summed E-state index contributed by atoms with van der Waals surface area (Å²) in [7, 11) is 2.85. The Morgan fingerprint density at radius 3 is 2.08 bits per heavy atom. The van der Waals surface area contributed by atoms with Crippen molar-refractivity contribution in [3.05, 3.63) is 23.8 Å². The van der Waals surface area contributed by atoms with Gasteiger partial charge in [0, 0.05) is 11.1 Å². The first-order valence-electron chi connectivity index (χ1n) is 10.1. The summed E-state index contributed by atoms with van der Waals surface area (Å²) in [5.41, 5.74) is 1.47. The lowest BCUT2D eigenvalue weighted by Gasteiger charge is -2.21. The van der Waals surface area contributed by atoms with Crippen molar-refractivity contribution in [1.29, 1.82) is 0 Å². The second-order valence-corrected chi connectivity index (χ2v) is 6.78. The second-order valence-electron chi connectivity index (χ2n) is 6.78. The van der Waals surface area contributed by atoms with Crippen LogP contribution in [0.15, 0.2) is 23.8 Å². The van der Waals surface area contributed by atoms with E-state index in [1.807, 2.05) is 13.0 Å². The highest BCUT2D eigenvalue weighted by Crippen LogP contribution is 2.29. The van der Waals surface area contributed by atoms with Crippen molar-refractivity contribution < 1.29 is 19.1 Å². The number of carbonyl (C=O) groups excluding carboxylic acids is 2. The summed E-state index contributed by atoms with van der Waals surface area (Å²) >= 11 is 0. The van der Waals surface area contributed by atoms with E-state index >= 15 is 0 Å². The predicted octanol–water partition coefficient (Wildman–Crippen LogP) is 5.76. The first kappa shape index (κ1) is 24.4. The minimum Gasteiger partial charge on any atom is -0.466 e. The van der Waals surface area contributed by atoms with Crippen LogP contribution in [-0.2, 0) is 19.1 Å². The third kappa shape index (κ3) is 10.4. The molecule has 0 amide bonds. The monoisotopic (exact) mass is 366 g/mol. The van der Waals surface area contributed by atoms with Crippen LogP contribution in [0.4, 0.5) is 0 Å². The molecule has 0 aromatic rings. The maximum atomic E-state index is 11.2. The van der Waals surface area contributed by atoms with Gasteiger partial charge in [0.05, 0.1) is 14.2 Å². The SMILES string of the molecule is C=C(C(=O)OC)C1CCCCC1.CCCCCCC=C(CC)C(=O)OC. The highest BCUT2D eigenvalue weighted by atomic mass is 16.5. The van der Waals surface area contributed by atoms with E-state index in [0.717, 1.165) is 31.3 Å². The van der Waals surface area contributed by atoms with Gasteiger partial charge >= 0.3 is 11.9 Å². The summed E-state index contributed by atoms with van der Waals surface area (Å²) < 4.78 is 9.30. The van der Waals surface area contributed by atoms with Gasteiger partial charge in [-0.25, -0.2) is 9.59 Å². The number of unbranched alkanes of at least 4 members (excludes halogenated alkanes) is 4. The Balaban J connectivity index is 0.000000485. The quantitative estimate of drug-likeness (QED) is 0.296. The maximum absolute atomic E-state index is 11.2. The van der Waals surface area contributed by atoms with Crippen LogP contribution in [-0.4, -0.2) is 26.2 Å². The fraction of sp³-hybridized carbons (Fsp3) is 0.727. The van der Waals surface area contributed by atoms with E-state index < -0.39 is 0 Å². The first-order valence-corrected chi connectivity index (χ1v) is 10.1. The highest BCUT2D eigenvalue weighted by molar-refractivity contribution is 5.88. The fourth-order valence-corrected chi connectivity index (χ4v) is 3.10. The van der Waals surface area contributed by atoms with Crippen molar-refractivity contribution in [3.63, 3.8) is 0 Å². The highest BCUT2D eigenvalue weighted by Gasteiger charge is 2.21. The van der Waals surface area contributed by atoms with Gasteiger partial charge in [-0.15, -0.1) is 0 Å². The molecule has 1 saturated carbocycles. The van der Waals surface area contributed by atoms with Crippen molar-refractivity contribution in [2.45, 2.75) is 84.5 Å². The Labute approximate surface area is 160 Å². The summed E-state index contributed by atoms with van der Waals surface area (Å²) in [4.78, 5) is 22.3. The topological polar surface area (TPSA) is 52.6 Å². The largest absolute Gasteiger partial charge is 0.466 e. The molecule has 0 aliphatic heterocycles. The maximum Gasteiger partial charge on any atom is 0.333 e. The molecule has 0 aromatic heterocycles. The number of ether oxygens (including phenoxy) is 2. The number of allylic oxidation sites excluding steroid dienone is 1. The molecule has 4 nitrogen and oxygen atoms in total. The molecule has 4 heteroatoms. The van der Waals surface area contributed by atoms with Gasteiger partial charge in [0.1, 0.15) is 0 Å². The normalized spacial score (nSPS) is 14.8. The third-order valence-electron chi connectivity index (χ3n) is 4.82. The molecule has 1 aliphatic rings. The smallest absolute Gasteiger partial charge is 0.333 e. The lowest BCUT2D eigenvalue weighted by molar-refractivity contribution is -0.137. The molecule has 0 radical (unpaired) electrons. The molecule has 0 aromatic carbocycles. The predicted molar refractivity (Wildman–Crippen MR) is 107 cm³/mol. The van der Waals surface area contributed by atoms with Gasteiger partial charge < -0.3 is 9.47 Å². The van der Waals surface area contributed by atoms with Crippen molar-refractivity contribution in [2.24, 2.45) is 5.92 Å². The van der Waals surface area contributed by atoms with E-state index in [2.05, 4.69) is 23.0 Å². The Morgan fingerprint density at radius 2 is 1.58 bits per heavy atom. The van der Waals surface area contributed by atoms with E-state index in [4.69, 9.17) is 0 Å². The molecule has 0 N–H and O–H groups in total. The molecule has 0 saturated heterocycles. The first-order chi connectivity index (χ1) is 12.5. The molecule has 0 heterocycles. The van der Waals surface area contributed by atoms with E-state index in [1.165, 1.54) is 59.2 Å². The minimum atomic E-state index is -0.234. The van der Waals surface area contributed by atoms with Gasteiger partial charge in [-0.2, -0.15) is 0 Å². The zero-order valence-electron chi connectivity index (χ0n) is 17.3. The third-order valence-corrected chi connectivity index (χ3v) is 4.82. The standard InChI is InChI=1S/C12H22O2.C10H16O2/c1-4-6-7-8-9-10-11(5-2)12(13)14-3;1-8(10(11)12-2)9-6-4-3-5-7-9/h10H,4-9H2,1-3H3;9H,1,3-7H2,2H3.